The van der Waals surface area contributed by atoms with Gasteiger partial charge in [-0.25, -0.2) is 0 Å². The first-order chi connectivity index (χ1) is 14.6. The molecule has 0 fully saturated rings. The zero-order valence-electron chi connectivity index (χ0n) is 16.5. The van der Waals surface area contributed by atoms with Gasteiger partial charge in [0, 0.05) is 25.5 Å². The summed E-state index contributed by atoms with van der Waals surface area (Å²) in [6.45, 7) is 0. The molecular weight excluding hydrogens is 378 g/mol. The van der Waals surface area contributed by atoms with Gasteiger partial charge in [0.2, 0.25) is 0 Å². The van der Waals surface area contributed by atoms with Crippen LogP contribution in [0.25, 0.3) is 0 Å². The molecule has 148 valence electrons. The molecule has 0 unspecified atom stereocenters. The van der Waals surface area contributed by atoms with Gasteiger partial charge in [0.15, 0.2) is 0 Å². The van der Waals surface area contributed by atoms with Gasteiger partial charge in [0.25, 0.3) is 5.91 Å². The molecule has 0 spiro atoms. The third-order valence-electron chi connectivity index (χ3n) is 3.69. The van der Waals surface area contributed by atoms with Gasteiger partial charge in [-0.2, -0.15) is 20.8 Å². The zero-order valence-corrected chi connectivity index (χ0v) is 16.5. The van der Waals surface area contributed by atoms with Crippen molar-refractivity contribution in [2.75, 3.05) is 19.5 Å². The highest BCUT2D eigenvalue weighted by molar-refractivity contribution is 6.04. The molecule has 0 atom stereocenters. The Kier molecular flexibility index (Phi) is 8.42. The molecule has 0 aliphatic rings. The van der Waals surface area contributed by atoms with Crippen LogP contribution in [0.5, 0.6) is 0 Å². The summed E-state index contributed by atoms with van der Waals surface area (Å²) < 4.78 is 4.25. The number of benzene rings is 3. The Labute approximate surface area is 174 Å². The summed E-state index contributed by atoms with van der Waals surface area (Å²) in [6.07, 6.45) is 0. The Balaban J connectivity index is 0.00000101. The molecule has 0 bridgehead atoms. The average molecular weight is 397 g/mol. The Hall–Kier alpha value is -4.33. The van der Waals surface area contributed by atoms with Crippen molar-refractivity contribution >= 4 is 23.0 Å². The number of methoxy groups -OCH3 is 1. The highest BCUT2D eigenvalue weighted by Gasteiger charge is 2.05. The maximum Gasteiger partial charge on any atom is 0.255 e. The van der Waals surface area contributed by atoms with Crippen LogP contribution in [0, 0.1) is 22.7 Å². The molecule has 3 aromatic carbocycles. The lowest BCUT2D eigenvalue weighted by Crippen LogP contribution is -2.11. The van der Waals surface area contributed by atoms with Crippen molar-refractivity contribution in [1.82, 2.24) is 0 Å². The molecule has 0 aliphatic carbocycles. The second kappa shape index (κ2) is 11.5. The van der Waals surface area contributed by atoms with Crippen molar-refractivity contribution in [3.8, 4) is 12.1 Å². The van der Waals surface area contributed by atoms with Crippen LogP contribution < -0.4 is 5.32 Å². The second-order valence-corrected chi connectivity index (χ2v) is 5.93. The van der Waals surface area contributed by atoms with Gasteiger partial charge in [-0.3, -0.25) is 4.79 Å². The Morgan fingerprint density at radius 1 is 0.833 bits per heavy atom. The second-order valence-electron chi connectivity index (χ2n) is 5.93. The number of nitrogens with zero attached hydrogens (tertiary/aromatic N) is 4. The quantitative estimate of drug-likeness (QED) is 0.597. The largest absolute Gasteiger partial charge is 0.388 e. The minimum absolute atomic E-state index is 0.188. The minimum atomic E-state index is -0.188. The van der Waals surface area contributed by atoms with E-state index in [9.17, 15) is 4.79 Å². The average Bonchev–Trinajstić information content (AvgIpc) is 2.79. The molecule has 30 heavy (non-hydrogen) atoms. The summed E-state index contributed by atoms with van der Waals surface area (Å²) in [7, 11) is 3.25. The van der Waals surface area contributed by atoms with Crippen LogP contribution in [0.1, 0.15) is 21.5 Å². The van der Waals surface area contributed by atoms with E-state index in [1.54, 1.807) is 68.8 Å². The van der Waals surface area contributed by atoms with E-state index in [1.165, 1.54) is 12.1 Å². The van der Waals surface area contributed by atoms with Crippen LogP contribution in [0.3, 0.4) is 0 Å². The molecule has 1 amide bonds. The lowest BCUT2D eigenvalue weighted by Gasteiger charge is -2.05. The van der Waals surface area contributed by atoms with E-state index in [0.29, 0.717) is 28.2 Å². The first kappa shape index (κ1) is 22.0. The Morgan fingerprint density at radius 3 is 2.00 bits per heavy atom. The molecule has 0 saturated heterocycles. The molecule has 0 heterocycles. The van der Waals surface area contributed by atoms with Crippen LogP contribution in [0.4, 0.5) is 17.1 Å². The number of azo groups is 1. The number of nitrogens with one attached hydrogen (secondary N) is 1. The van der Waals surface area contributed by atoms with Crippen molar-refractivity contribution in [3.05, 3.63) is 89.5 Å². The summed E-state index contributed by atoms with van der Waals surface area (Å²) in [5, 5.41) is 29.0. The van der Waals surface area contributed by atoms with Crippen molar-refractivity contribution < 1.29 is 9.53 Å². The molecule has 7 nitrogen and oxygen atoms in total. The number of hydrogen-bond donors (Lipinski definition) is 1. The van der Waals surface area contributed by atoms with Gasteiger partial charge in [0.1, 0.15) is 12.1 Å². The third-order valence-corrected chi connectivity index (χ3v) is 3.69. The van der Waals surface area contributed by atoms with E-state index in [1.807, 2.05) is 18.2 Å². The standard InChI is InChI=1S/C21H13N5O.C2H6O/c22-13-16-6-7-20(12-17(16)14-23)26-25-19-10-8-18(9-11-19)24-21(27)15-4-2-1-3-5-15;1-3-2/h1-12H,(H,24,27);1-2H3. The van der Waals surface area contributed by atoms with Crippen molar-refractivity contribution in [2.45, 2.75) is 0 Å². The van der Waals surface area contributed by atoms with Gasteiger partial charge in [-0.05, 0) is 54.6 Å². The molecule has 7 heteroatoms. The Morgan fingerprint density at radius 2 is 1.40 bits per heavy atom. The number of rotatable bonds is 4. The number of carbonyl (C=O) groups is 1. The summed E-state index contributed by atoms with van der Waals surface area (Å²) in [4.78, 5) is 12.1. The molecule has 3 aromatic rings. The lowest BCUT2D eigenvalue weighted by molar-refractivity contribution is 0.102. The van der Waals surface area contributed by atoms with Gasteiger partial charge in [-0.15, -0.1) is 0 Å². The molecule has 0 radical (unpaired) electrons. The van der Waals surface area contributed by atoms with Crippen LogP contribution in [-0.4, -0.2) is 20.1 Å². The van der Waals surface area contributed by atoms with Crippen LogP contribution >= 0.6 is 0 Å². The summed E-state index contributed by atoms with van der Waals surface area (Å²) in [6, 6.07) is 24.4. The number of carbonyl (C=O) groups excluding carboxylic acids is 1. The van der Waals surface area contributed by atoms with Gasteiger partial charge >= 0.3 is 0 Å². The molecule has 3 rings (SSSR count). The summed E-state index contributed by atoms with van der Waals surface area (Å²) in [5.41, 5.74) is 2.86. The summed E-state index contributed by atoms with van der Waals surface area (Å²) >= 11 is 0. The van der Waals surface area contributed by atoms with Gasteiger partial charge in [0.05, 0.1) is 22.5 Å². The smallest absolute Gasteiger partial charge is 0.255 e. The minimum Gasteiger partial charge on any atom is -0.388 e. The van der Waals surface area contributed by atoms with E-state index >= 15 is 0 Å². The maximum atomic E-state index is 12.1. The van der Waals surface area contributed by atoms with Crippen molar-refractivity contribution in [2.24, 2.45) is 10.2 Å². The zero-order chi connectivity index (χ0) is 21.8. The number of amides is 1. The van der Waals surface area contributed by atoms with Crippen LogP contribution in [0.15, 0.2) is 83.0 Å². The molecule has 0 aromatic heterocycles. The monoisotopic (exact) mass is 397 g/mol. The predicted molar refractivity (Wildman–Crippen MR) is 114 cm³/mol. The molecule has 0 saturated carbocycles. The van der Waals surface area contributed by atoms with Crippen LogP contribution in [-0.2, 0) is 4.74 Å². The number of nitriles is 2. The highest BCUT2D eigenvalue weighted by Crippen LogP contribution is 2.22. The number of ether oxygens (including phenoxy) is 1. The summed E-state index contributed by atoms with van der Waals surface area (Å²) in [5.74, 6) is -0.188. The Bertz CT molecular complexity index is 1100. The first-order valence-corrected chi connectivity index (χ1v) is 8.84. The SMILES string of the molecule is COC.N#Cc1ccc(N=Nc2ccc(NC(=O)c3ccccc3)cc2)cc1C#N. The van der Waals surface area contributed by atoms with E-state index in [-0.39, 0.29) is 11.5 Å². The van der Waals surface area contributed by atoms with Crippen LogP contribution in [0.2, 0.25) is 0 Å². The molecule has 0 aliphatic heterocycles. The lowest BCUT2D eigenvalue weighted by atomic mass is 10.1. The van der Waals surface area contributed by atoms with E-state index in [0.717, 1.165) is 0 Å². The fraction of sp³-hybridized carbons (Fsp3) is 0.0870. The predicted octanol–water partition coefficient (Wildman–Crippen LogP) is 5.36. The maximum absolute atomic E-state index is 12.1. The number of anilines is 1. The van der Waals surface area contributed by atoms with Crippen molar-refractivity contribution in [3.63, 3.8) is 0 Å². The number of hydrogen-bond acceptors (Lipinski definition) is 6. The van der Waals surface area contributed by atoms with Gasteiger partial charge < -0.3 is 10.1 Å². The first-order valence-electron chi connectivity index (χ1n) is 8.84. The van der Waals surface area contributed by atoms with E-state index in [4.69, 9.17) is 10.5 Å². The molecular formula is C23H19N5O2. The van der Waals surface area contributed by atoms with E-state index in [2.05, 4.69) is 20.3 Å². The van der Waals surface area contributed by atoms with Crippen molar-refractivity contribution in [1.29, 1.82) is 10.5 Å². The van der Waals surface area contributed by atoms with Gasteiger partial charge in [-0.1, -0.05) is 18.2 Å². The van der Waals surface area contributed by atoms with E-state index < -0.39 is 0 Å². The topological polar surface area (TPSA) is 111 Å². The fourth-order valence-corrected chi connectivity index (χ4v) is 2.30. The molecule has 1 N–H and O–H groups in total. The fourth-order valence-electron chi connectivity index (χ4n) is 2.30. The normalized spacial score (nSPS) is 9.73. The highest BCUT2D eigenvalue weighted by atomic mass is 16.4. The third kappa shape index (κ3) is 6.38.